The van der Waals surface area contributed by atoms with Crippen LogP contribution < -0.4 is 10.6 Å². The summed E-state index contributed by atoms with van der Waals surface area (Å²) in [6.45, 7) is 7.71. The van der Waals surface area contributed by atoms with Crippen LogP contribution >= 0.6 is 0 Å². The molecule has 114 valence electrons. The van der Waals surface area contributed by atoms with Crippen molar-refractivity contribution in [2.24, 2.45) is 0 Å². The molecule has 2 N–H and O–H groups in total. The van der Waals surface area contributed by atoms with Crippen molar-refractivity contribution in [3.05, 3.63) is 0 Å². The third kappa shape index (κ3) is 3.85. The van der Waals surface area contributed by atoms with Crippen LogP contribution in [0.3, 0.4) is 0 Å². The SMILES string of the molecule is CC(C)(C)OC(=O)N[C@H]1CNC[C@H]1N1CCCCC1=O. The van der Waals surface area contributed by atoms with E-state index in [4.69, 9.17) is 4.74 Å². The van der Waals surface area contributed by atoms with E-state index in [9.17, 15) is 9.59 Å². The number of nitrogens with one attached hydrogen (secondary N) is 2. The van der Waals surface area contributed by atoms with Gasteiger partial charge < -0.3 is 20.3 Å². The Hall–Kier alpha value is -1.30. The molecule has 0 unspecified atom stereocenters. The normalized spacial score (nSPS) is 27.6. The molecule has 2 saturated heterocycles. The molecule has 2 rings (SSSR count). The highest BCUT2D eigenvalue weighted by Gasteiger charge is 2.37. The second kappa shape index (κ2) is 5.99. The minimum atomic E-state index is -0.507. The number of carbonyl (C=O) groups is 2. The molecule has 0 aromatic rings. The zero-order chi connectivity index (χ0) is 14.8. The molecule has 20 heavy (non-hydrogen) atoms. The monoisotopic (exact) mass is 283 g/mol. The highest BCUT2D eigenvalue weighted by Crippen LogP contribution is 2.18. The summed E-state index contributed by atoms with van der Waals surface area (Å²) in [6.07, 6.45) is 2.22. The van der Waals surface area contributed by atoms with Crippen molar-refractivity contribution in [2.75, 3.05) is 19.6 Å². The van der Waals surface area contributed by atoms with Crippen LogP contribution in [0.15, 0.2) is 0 Å². The Morgan fingerprint density at radius 2 is 2.10 bits per heavy atom. The molecule has 2 heterocycles. The number of alkyl carbamates (subject to hydrolysis) is 1. The highest BCUT2D eigenvalue weighted by molar-refractivity contribution is 5.77. The molecule has 0 spiro atoms. The predicted octanol–water partition coefficient (Wildman–Crippen LogP) is 0.864. The van der Waals surface area contributed by atoms with Gasteiger partial charge in [-0.1, -0.05) is 0 Å². The van der Waals surface area contributed by atoms with Gasteiger partial charge in [0.15, 0.2) is 0 Å². The maximum absolute atomic E-state index is 12.0. The molecule has 2 aliphatic heterocycles. The van der Waals surface area contributed by atoms with Crippen molar-refractivity contribution in [3.8, 4) is 0 Å². The zero-order valence-electron chi connectivity index (χ0n) is 12.6. The van der Waals surface area contributed by atoms with E-state index < -0.39 is 11.7 Å². The number of amides is 2. The number of piperidine rings is 1. The summed E-state index contributed by atoms with van der Waals surface area (Å²) in [5.41, 5.74) is -0.507. The Bertz CT molecular complexity index is 378. The van der Waals surface area contributed by atoms with Crippen molar-refractivity contribution in [3.63, 3.8) is 0 Å². The minimum Gasteiger partial charge on any atom is -0.444 e. The molecule has 2 amide bonds. The number of ether oxygens (including phenoxy) is 1. The Morgan fingerprint density at radius 3 is 2.75 bits per heavy atom. The van der Waals surface area contributed by atoms with Gasteiger partial charge in [-0.25, -0.2) is 4.79 Å². The third-order valence-electron chi connectivity index (χ3n) is 3.64. The number of hydrogen-bond donors (Lipinski definition) is 2. The average molecular weight is 283 g/mol. The standard InChI is InChI=1S/C14H25N3O3/c1-14(2,3)20-13(19)16-10-8-15-9-11(10)17-7-5-4-6-12(17)18/h10-11,15H,4-9H2,1-3H3,(H,16,19)/t10-,11+/m0/s1. The number of nitrogens with zero attached hydrogens (tertiary/aromatic N) is 1. The van der Waals surface area contributed by atoms with E-state index in [0.29, 0.717) is 13.0 Å². The fraction of sp³-hybridized carbons (Fsp3) is 0.857. The molecule has 0 bridgehead atoms. The van der Waals surface area contributed by atoms with Gasteiger partial charge in [0.2, 0.25) is 5.91 Å². The molecular formula is C14H25N3O3. The van der Waals surface area contributed by atoms with Gasteiger partial charge in [-0.05, 0) is 33.6 Å². The highest BCUT2D eigenvalue weighted by atomic mass is 16.6. The quantitative estimate of drug-likeness (QED) is 0.788. The Labute approximate surface area is 120 Å². The maximum atomic E-state index is 12.0. The van der Waals surface area contributed by atoms with Crippen molar-refractivity contribution < 1.29 is 14.3 Å². The lowest BCUT2D eigenvalue weighted by Crippen LogP contribution is -2.54. The van der Waals surface area contributed by atoms with Crippen LogP contribution in [-0.4, -0.2) is 54.2 Å². The Balaban J connectivity index is 1.93. The van der Waals surface area contributed by atoms with E-state index in [1.54, 1.807) is 0 Å². The molecule has 0 saturated carbocycles. The van der Waals surface area contributed by atoms with E-state index in [1.807, 2.05) is 25.7 Å². The first-order chi connectivity index (χ1) is 9.37. The lowest BCUT2D eigenvalue weighted by Gasteiger charge is -2.35. The van der Waals surface area contributed by atoms with Gasteiger partial charge in [0, 0.05) is 26.1 Å². The fourth-order valence-corrected chi connectivity index (χ4v) is 2.78. The van der Waals surface area contributed by atoms with Gasteiger partial charge in [-0.2, -0.15) is 0 Å². The zero-order valence-corrected chi connectivity index (χ0v) is 12.6. The first kappa shape index (κ1) is 15.1. The van der Waals surface area contributed by atoms with Gasteiger partial charge in [0.1, 0.15) is 5.60 Å². The molecule has 2 aliphatic rings. The van der Waals surface area contributed by atoms with Gasteiger partial charge in [-0.15, -0.1) is 0 Å². The lowest BCUT2D eigenvalue weighted by atomic mass is 10.0. The second-order valence-corrected chi connectivity index (χ2v) is 6.52. The van der Waals surface area contributed by atoms with Crippen molar-refractivity contribution in [1.29, 1.82) is 0 Å². The summed E-state index contributed by atoms with van der Waals surface area (Å²) < 4.78 is 5.28. The Morgan fingerprint density at radius 1 is 1.35 bits per heavy atom. The topological polar surface area (TPSA) is 70.7 Å². The van der Waals surface area contributed by atoms with Crippen LogP contribution in [0, 0.1) is 0 Å². The second-order valence-electron chi connectivity index (χ2n) is 6.52. The summed E-state index contributed by atoms with van der Waals surface area (Å²) >= 11 is 0. The van der Waals surface area contributed by atoms with Crippen molar-refractivity contribution in [2.45, 2.75) is 57.7 Å². The number of likely N-dealkylation sites (tertiary alicyclic amines) is 1. The summed E-state index contributed by atoms with van der Waals surface area (Å²) in [4.78, 5) is 25.8. The van der Waals surface area contributed by atoms with Crippen LogP contribution in [0.5, 0.6) is 0 Å². The van der Waals surface area contributed by atoms with E-state index in [1.165, 1.54) is 0 Å². The molecule has 0 aliphatic carbocycles. The first-order valence-electron chi connectivity index (χ1n) is 7.36. The van der Waals surface area contributed by atoms with Crippen molar-refractivity contribution in [1.82, 2.24) is 15.5 Å². The van der Waals surface area contributed by atoms with Crippen LogP contribution in [0.25, 0.3) is 0 Å². The van der Waals surface area contributed by atoms with Gasteiger partial charge in [0.05, 0.1) is 12.1 Å². The third-order valence-corrected chi connectivity index (χ3v) is 3.64. The van der Waals surface area contributed by atoms with Crippen LogP contribution in [-0.2, 0) is 9.53 Å². The smallest absolute Gasteiger partial charge is 0.407 e. The predicted molar refractivity (Wildman–Crippen MR) is 75.4 cm³/mol. The number of carbonyl (C=O) groups excluding carboxylic acids is 2. The molecule has 2 fully saturated rings. The number of rotatable bonds is 2. The van der Waals surface area contributed by atoms with Gasteiger partial charge in [-0.3, -0.25) is 4.79 Å². The van der Waals surface area contributed by atoms with Crippen LogP contribution in [0.2, 0.25) is 0 Å². The molecule has 0 aromatic heterocycles. The number of hydrogen-bond acceptors (Lipinski definition) is 4. The van der Waals surface area contributed by atoms with Crippen LogP contribution in [0.1, 0.15) is 40.0 Å². The van der Waals surface area contributed by atoms with Gasteiger partial charge in [0.25, 0.3) is 0 Å². The average Bonchev–Trinajstić information content (AvgIpc) is 2.75. The summed E-state index contributed by atoms with van der Waals surface area (Å²) in [5, 5.41) is 6.13. The molecule has 6 heteroatoms. The fourth-order valence-electron chi connectivity index (χ4n) is 2.78. The van der Waals surface area contributed by atoms with E-state index in [0.717, 1.165) is 25.9 Å². The van der Waals surface area contributed by atoms with E-state index >= 15 is 0 Å². The molecule has 0 radical (unpaired) electrons. The van der Waals surface area contributed by atoms with Crippen molar-refractivity contribution >= 4 is 12.0 Å². The molecule has 0 aromatic carbocycles. The Kier molecular flexibility index (Phi) is 4.52. The largest absolute Gasteiger partial charge is 0.444 e. The lowest BCUT2D eigenvalue weighted by molar-refractivity contribution is -0.135. The summed E-state index contributed by atoms with van der Waals surface area (Å²) in [6, 6.07) is -0.0396. The van der Waals surface area contributed by atoms with Gasteiger partial charge >= 0.3 is 6.09 Å². The summed E-state index contributed by atoms with van der Waals surface area (Å²) in [5.74, 6) is 0.195. The minimum absolute atomic E-state index is 0.0373. The molecule has 2 atom stereocenters. The first-order valence-corrected chi connectivity index (χ1v) is 7.36. The van der Waals surface area contributed by atoms with E-state index in [2.05, 4.69) is 10.6 Å². The maximum Gasteiger partial charge on any atom is 0.407 e. The summed E-state index contributed by atoms with van der Waals surface area (Å²) in [7, 11) is 0. The molecular weight excluding hydrogens is 258 g/mol. The molecule has 6 nitrogen and oxygen atoms in total. The van der Waals surface area contributed by atoms with E-state index in [-0.39, 0.29) is 18.0 Å². The van der Waals surface area contributed by atoms with Crippen LogP contribution in [0.4, 0.5) is 4.79 Å².